The molecule has 2 aromatic carbocycles. The number of non-ortho nitro benzene ring substituents is 1. The molecule has 100 valence electrons. The maximum atomic E-state index is 10.8. The van der Waals surface area contributed by atoms with Crippen LogP contribution in [-0.4, -0.2) is 4.92 Å². The summed E-state index contributed by atoms with van der Waals surface area (Å²) in [5, 5.41) is 14.2. The predicted molar refractivity (Wildman–Crippen MR) is 73.2 cm³/mol. The fraction of sp³-hybridized carbons (Fsp3) is 0.0769. The van der Waals surface area contributed by atoms with E-state index in [2.05, 4.69) is 10.0 Å². The lowest BCUT2D eigenvalue weighted by molar-refractivity contribution is -0.384. The first-order chi connectivity index (χ1) is 9.58. The van der Waals surface area contributed by atoms with Crippen LogP contribution in [0.4, 0.5) is 11.4 Å². The van der Waals surface area contributed by atoms with Crippen molar-refractivity contribution in [1.82, 2.24) is 0 Å². The highest BCUT2D eigenvalue weighted by atomic mass is 16.6. The van der Waals surface area contributed by atoms with E-state index in [4.69, 9.17) is 10.3 Å². The zero-order valence-electron chi connectivity index (χ0n) is 10.6. The van der Waals surface area contributed by atoms with Gasteiger partial charge in [0.05, 0.1) is 11.0 Å². The molecule has 0 N–H and O–H groups in total. The first-order valence-corrected chi connectivity index (χ1v) is 5.67. The second kappa shape index (κ2) is 5.73. The van der Waals surface area contributed by atoms with Gasteiger partial charge in [-0.15, -0.1) is 0 Å². The maximum Gasteiger partial charge on any atom is 0.273 e. The van der Waals surface area contributed by atoms with Crippen LogP contribution in [0, 0.1) is 17.0 Å². The smallest absolute Gasteiger partial charge is 0.273 e. The minimum absolute atomic E-state index is 0.129. The van der Waals surface area contributed by atoms with Crippen molar-refractivity contribution >= 4 is 11.4 Å². The SMILES string of the molecule is Cc1cccc(Oc2cc(N=[N+]=[N-])cc([N+](=O)[O-])c2)c1. The molecule has 0 atom stereocenters. The molecule has 0 aromatic heterocycles. The van der Waals surface area contributed by atoms with Gasteiger partial charge in [-0.05, 0) is 36.2 Å². The van der Waals surface area contributed by atoms with Crippen molar-refractivity contribution in [3.05, 3.63) is 68.6 Å². The van der Waals surface area contributed by atoms with E-state index in [1.165, 1.54) is 18.2 Å². The second-order valence-electron chi connectivity index (χ2n) is 4.05. The van der Waals surface area contributed by atoms with Crippen molar-refractivity contribution in [1.29, 1.82) is 0 Å². The van der Waals surface area contributed by atoms with Gasteiger partial charge in [0.25, 0.3) is 5.69 Å². The average Bonchev–Trinajstić information content (AvgIpc) is 2.38. The molecule has 7 nitrogen and oxygen atoms in total. The van der Waals surface area contributed by atoms with Crippen LogP contribution >= 0.6 is 0 Å². The van der Waals surface area contributed by atoms with Crippen molar-refractivity contribution in [3.63, 3.8) is 0 Å². The second-order valence-corrected chi connectivity index (χ2v) is 4.05. The number of nitrogens with zero attached hydrogens (tertiary/aromatic N) is 4. The van der Waals surface area contributed by atoms with E-state index in [0.717, 1.165) is 5.56 Å². The molecule has 2 rings (SSSR count). The molecule has 0 aliphatic heterocycles. The van der Waals surface area contributed by atoms with E-state index in [1.807, 2.05) is 19.1 Å². The lowest BCUT2D eigenvalue weighted by Crippen LogP contribution is -1.90. The van der Waals surface area contributed by atoms with Crippen molar-refractivity contribution < 1.29 is 9.66 Å². The quantitative estimate of drug-likeness (QED) is 0.266. The summed E-state index contributed by atoms with van der Waals surface area (Å²) >= 11 is 0. The zero-order valence-corrected chi connectivity index (χ0v) is 10.6. The number of hydrogen-bond acceptors (Lipinski definition) is 4. The Bertz CT molecular complexity index is 688. The number of nitro groups is 1. The third-order valence-electron chi connectivity index (χ3n) is 2.47. The Morgan fingerprint density at radius 2 is 2.05 bits per heavy atom. The summed E-state index contributed by atoms with van der Waals surface area (Å²) in [6.07, 6.45) is 0. The van der Waals surface area contributed by atoms with E-state index >= 15 is 0 Å². The van der Waals surface area contributed by atoms with Gasteiger partial charge in [0.2, 0.25) is 0 Å². The van der Waals surface area contributed by atoms with Crippen LogP contribution in [0.2, 0.25) is 0 Å². The Morgan fingerprint density at radius 1 is 1.25 bits per heavy atom. The summed E-state index contributed by atoms with van der Waals surface area (Å²) in [5.74, 6) is 0.796. The summed E-state index contributed by atoms with van der Waals surface area (Å²) in [7, 11) is 0. The van der Waals surface area contributed by atoms with Gasteiger partial charge >= 0.3 is 0 Å². The van der Waals surface area contributed by atoms with E-state index < -0.39 is 4.92 Å². The summed E-state index contributed by atoms with van der Waals surface area (Å²) < 4.78 is 5.55. The van der Waals surface area contributed by atoms with Crippen LogP contribution in [0.25, 0.3) is 10.4 Å². The topological polar surface area (TPSA) is 101 Å². The molecule has 0 radical (unpaired) electrons. The minimum atomic E-state index is -0.570. The van der Waals surface area contributed by atoms with Gasteiger partial charge in [0.15, 0.2) is 0 Å². The molecule has 2 aromatic rings. The minimum Gasteiger partial charge on any atom is -0.457 e. The van der Waals surface area contributed by atoms with Gasteiger partial charge in [0, 0.05) is 16.7 Å². The van der Waals surface area contributed by atoms with Crippen molar-refractivity contribution in [2.45, 2.75) is 6.92 Å². The number of hydrogen-bond donors (Lipinski definition) is 0. The van der Waals surface area contributed by atoms with Gasteiger partial charge in [-0.1, -0.05) is 17.2 Å². The molecule has 0 saturated heterocycles. The van der Waals surface area contributed by atoms with Crippen LogP contribution < -0.4 is 4.74 Å². The van der Waals surface area contributed by atoms with Gasteiger partial charge in [-0.2, -0.15) is 0 Å². The molecule has 7 heteroatoms. The zero-order chi connectivity index (χ0) is 14.5. The molecule has 0 spiro atoms. The first-order valence-electron chi connectivity index (χ1n) is 5.67. The van der Waals surface area contributed by atoms with E-state index in [9.17, 15) is 10.1 Å². The van der Waals surface area contributed by atoms with Crippen LogP contribution in [0.1, 0.15) is 5.56 Å². The Kier molecular flexibility index (Phi) is 3.83. The Hall–Kier alpha value is -3.05. The number of azide groups is 1. The number of benzene rings is 2. The Balaban J connectivity index is 2.40. The first kappa shape index (κ1) is 13.4. The molecular formula is C13H10N4O3. The van der Waals surface area contributed by atoms with E-state index in [-0.39, 0.29) is 17.1 Å². The molecule has 0 heterocycles. The van der Waals surface area contributed by atoms with Crippen molar-refractivity contribution in [2.24, 2.45) is 5.11 Å². The number of aryl methyl sites for hydroxylation is 1. The molecule has 0 unspecified atom stereocenters. The van der Waals surface area contributed by atoms with Gasteiger partial charge in [0.1, 0.15) is 11.5 Å². The lowest BCUT2D eigenvalue weighted by Gasteiger charge is -2.07. The lowest BCUT2D eigenvalue weighted by atomic mass is 10.2. The summed E-state index contributed by atoms with van der Waals surface area (Å²) in [5.41, 5.74) is 9.35. The Labute approximate surface area is 114 Å². The molecule has 0 aliphatic rings. The van der Waals surface area contributed by atoms with Crippen molar-refractivity contribution in [2.75, 3.05) is 0 Å². The molecule has 0 bridgehead atoms. The molecule has 0 amide bonds. The van der Waals surface area contributed by atoms with Crippen molar-refractivity contribution in [3.8, 4) is 11.5 Å². The van der Waals surface area contributed by atoms with E-state index in [0.29, 0.717) is 5.75 Å². The molecule has 0 fully saturated rings. The largest absolute Gasteiger partial charge is 0.457 e. The highest BCUT2D eigenvalue weighted by Gasteiger charge is 2.10. The fourth-order valence-corrected chi connectivity index (χ4v) is 1.66. The van der Waals surface area contributed by atoms with Gasteiger partial charge in [-0.25, -0.2) is 0 Å². The molecule has 0 aliphatic carbocycles. The van der Waals surface area contributed by atoms with Crippen LogP contribution in [0.5, 0.6) is 11.5 Å². The van der Waals surface area contributed by atoms with Crippen LogP contribution in [0.3, 0.4) is 0 Å². The predicted octanol–water partition coefficient (Wildman–Crippen LogP) is 4.64. The van der Waals surface area contributed by atoms with Crippen LogP contribution in [0.15, 0.2) is 47.6 Å². The Morgan fingerprint density at radius 3 is 2.70 bits per heavy atom. The highest BCUT2D eigenvalue weighted by Crippen LogP contribution is 2.31. The van der Waals surface area contributed by atoms with Gasteiger partial charge < -0.3 is 4.74 Å². The third-order valence-corrected chi connectivity index (χ3v) is 2.47. The summed E-state index contributed by atoms with van der Waals surface area (Å²) in [4.78, 5) is 12.9. The highest BCUT2D eigenvalue weighted by molar-refractivity contribution is 5.53. The van der Waals surface area contributed by atoms with E-state index in [1.54, 1.807) is 12.1 Å². The number of ether oxygens (including phenoxy) is 1. The van der Waals surface area contributed by atoms with Gasteiger partial charge in [-0.3, -0.25) is 10.1 Å². The standard InChI is InChI=1S/C13H10N4O3/c1-9-3-2-4-12(5-9)20-13-7-10(15-16-14)6-11(8-13)17(18)19/h2-8H,1H3. The van der Waals surface area contributed by atoms with Crippen LogP contribution in [-0.2, 0) is 0 Å². The monoisotopic (exact) mass is 270 g/mol. The fourth-order valence-electron chi connectivity index (χ4n) is 1.66. The number of nitro benzene ring substituents is 1. The molecule has 20 heavy (non-hydrogen) atoms. The summed E-state index contributed by atoms with van der Waals surface area (Å²) in [6.45, 7) is 1.91. The maximum absolute atomic E-state index is 10.8. The summed E-state index contributed by atoms with van der Waals surface area (Å²) in [6, 6.07) is 11.2. The number of rotatable bonds is 4. The molecular weight excluding hydrogens is 260 g/mol. The molecule has 0 saturated carbocycles. The normalized spacial score (nSPS) is 9.65. The third kappa shape index (κ3) is 3.24. The average molecular weight is 270 g/mol.